The standard InChI is InChI=1S/C25H35NO3/c1-3-5-7-8-10-18-28-23-15-12-22(13-16-23)26-20-21-11-14-24(19-25(21)27)29-17-9-6-4-2/h11-16,19-20,27H,3-10,17-18H2,1-2H3. The molecule has 2 aromatic rings. The molecule has 1 N–H and O–H groups in total. The zero-order valence-corrected chi connectivity index (χ0v) is 17.9. The van der Waals surface area contributed by atoms with E-state index in [1.54, 1.807) is 12.3 Å². The van der Waals surface area contributed by atoms with Gasteiger partial charge in [-0.15, -0.1) is 0 Å². The van der Waals surface area contributed by atoms with E-state index in [1.807, 2.05) is 36.4 Å². The number of benzene rings is 2. The maximum absolute atomic E-state index is 10.2. The third kappa shape index (κ3) is 9.03. The van der Waals surface area contributed by atoms with E-state index in [2.05, 4.69) is 18.8 Å². The topological polar surface area (TPSA) is 51.0 Å². The molecule has 0 fully saturated rings. The zero-order valence-electron chi connectivity index (χ0n) is 17.9. The first kappa shape index (κ1) is 22.8. The maximum Gasteiger partial charge on any atom is 0.128 e. The molecule has 0 spiro atoms. The number of aliphatic imine (C=N–C) groups is 1. The molecule has 2 aromatic carbocycles. The first-order chi connectivity index (χ1) is 14.2. The van der Waals surface area contributed by atoms with Crippen molar-refractivity contribution in [3.05, 3.63) is 48.0 Å². The van der Waals surface area contributed by atoms with E-state index in [4.69, 9.17) is 9.47 Å². The number of phenolic OH excluding ortho intramolecular Hbond substituents is 1. The highest BCUT2D eigenvalue weighted by atomic mass is 16.5. The van der Waals surface area contributed by atoms with Crippen molar-refractivity contribution in [2.45, 2.75) is 65.2 Å². The Balaban J connectivity index is 1.80. The first-order valence-electron chi connectivity index (χ1n) is 11.0. The molecule has 0 bridgehead atoms. The number of hydrogen-bond acceptors (Lipinski definition) is 4. The molecular formula is C25H35NO3. The number of nitrogens with zero attached hydrogens (tertiary/aromatic N) is 1. The quantitative estimate of drug-likeness (QED) is 0.274. The van der Waals surface area contributed by atoms with Crippen molar-refractivity contribution >= 4 is 11.9 Å². The second kappa shape index (κ2) is 13.6. The van der Waals surface area contributed by atoms with E-state index in [1.165, 1.54) is 25.7 Å². The molecule has 0 amide bonds. The summed E-state index contributed by atoms with van der Waals surface area (Å²) in [5.74, 6) is 1.73. The van der Waals surface area contributed by atoms with Crippen molar-refractivity contribution in [2.75, 3.05) is 13.2 Å². The van der Waals surface area contributed by atoms with Crippen molar-refractivity contribution in [2.24, 2.45) is 4.99 Å². The van der Waals surface area contributed by atoms with Crippen LogP contribution in [0.5, 0.6) is 17.2 Å². The minimum absolute atomic E-state index is 0.171. The van der Waals surface area contributed by atoms with Crippen molar-refractivity contribution in [3.8, 4) is 17.2 Å². The molecule has 0 aromatic heterocycles. The number of aromatic hydroxyl groups is 1. The van der Waals surface area contributed by atoms with E-state index in [0.717, 1.165) is 43.7 Å². The number of rotatable bonds is 14. The Hall–Kier alpha value is -2.49. The lowest BCUT2D eigenvalue weighted by Crippen LogP contribution is -1.97. The monoisotopic (exact) mass is 397 g/mol. The van der Waals surface area contributed by atoms with Crippen LogP contribution < -0.4 is 9.47 Å². The molecule has 0 saturated heterocycles. The molecule has 0 unspecified atom stereocenters. The van der Waals surface area contributed by atoms with Gasteiger partial charge in [0.2, 0.25) is 0 Å². The fraction of sp³-hybridized carbons (Fsp3) is 0.480. The second-order valence-electron chi connectivity index (χ2n) is 7.29. The molecule has 0 heterocycles. The minimum atomic E-state index is 0.171. The molecule has 0 atom stereocenters. The van der Waals surface area contributed by atoms with Crippen LogP contribution in [0.4, 0.5) is 5.69 Å². The highest BCUT2D eigenvalue weighted by Crippen LogP contribution is 2.24. The predicted octanol–water partition coefficient (Wildman–Crippen LogP) is 7.06. The van der Waals surface area contributed by atoms with E-state index >= 15 is 0 Å². The average molecular weight is 398 g/mol. The Bertz CT molecular complexity index is 725. The van der Waals surface area contributed by atoms with Gasteiger partial charge in [0, 0.05) is 17.8 Å². The average Bonchev–Trinajstić information content (AvgIpc) is 2.74. The summed E-state index contributed by atoms with van der Waals surface area (Å²) in [7, 11) is 0. The normalized spacial score (nSPS) is 11.1. The van der Waals surface area contributed by atoms with Crippen LogP contribution in [0.3, 0.4) is 0 Å². The van der Waals surface area contributed by atoms with Gasteiger partial charge in [-0.2, -0.15) is 0 Å². The summed E-state index contributed by atoms with van der Waals surface area (Å²) in [5.41, 5.74) is 1.48. The third-order valence-corrected chi connectivity index (χ3v) is 4.72. The second-order valence-corrected chi connectivity index (χ2v) is 7.29. The van der Waals surface area contributed by atoms with Gasteiger partial charge >= 0.3 is 0 Å². The molecule has 4 nitrogen and oxygen atoms in total. The summed E-state index contributed by atoms with van der Waals surface area (Å²) < 4.78 is 11.4. The van der Waals surface area contributed by atoms with Crippen LogP contribution in [-0.4, -0.2) is 24.5 Å². The minimum Gasteiger partial charge on any atom is -0.507 e. The highest BCUT2D eigenvalue weighted by Gasteiger charge is 2.02. The van der Waals surface area contributed by atoms with E-state index < -0.39 is 0 Å². The van der Waals surface area contributed by atoms with Crippen molar-refractivity contribution < 1.29 is 14.6 Å². The highest BCUT2D eigenvalue weighted by molar-refractivity contribution is 5.85. The largest absolute Gasteiger partial charge is 0.507 e. The van der Waals surface area contributed by atoms with Crippen LogP contribution in [0.2, 0.25) is 0 Å². The lowest BCUT2D eigenvalue weighted by Gasteiger charge is -2.07. The number of hydrogen-bond donors (Lipinski definition) is 1. The summed E-state index contributed by atoms with van der Waals surface area (Å²) in [6, 6.07) is 13.0. The molecule has 4 heteroatoms. The lowest BCUT2D eigenvalue weighted by atomic mass is 10.2. The molecule has 0 aliphatic carbocycles. The Morgan fingerprint density at radius 2 is 1.34 bits per heavy atom. The summed E-state index contributed by atoms with van der Waals surface area (Å²) in [5, 5.41) is 10.2. The van der Waals surface area contributed by atoms with Gasteiger partial charge in [0.15, 0.2) is 0 Å². The van der Waals surface area contributed by atoms with Gasteiger partial charge in [0.25, 0.3) is 0 Å². The fourth-order valence-corrected chi connectivity index (χ4v) is 2.93. The number of ether oxygens (including phenoxy) is 2. The van der Waals surface area contributed by atoms with Gasteiger partial charge in [0.1, 0.15) is 17.2 Å². The maximum atomic E-state index is 10.2. The molecule has 0 saturated carbocycles. The summed E-state index contributed by atoms with van der Waals surface area (Å²) in [6.45, 7) is 5.82. The van der Waals surface area contributed by atoms with Gasteiger partial charge < -0.3 is 14.6 Å². The lowest BCUT2D eigenvalue weighted by molar-refractivity contribution is 0.304. The van der Waals surface area contributed by atoms with Gasteiger partial charge in [-0.1, -0.05) is 52.4 Å². The number of unbranched alkanes of at least 4 members (excludes halogenated alkanes) is 6. The van der Waals surface area contributed by atoms with Gasteiger partial charge in [0.05, 0.1) is 18.9 Å². The van der Waals surface area contributed by atoms with Crippen LogP contribution in [0, 0.1) is 0 Å². The SMILES string of the molecule is CCCCCCCOc1ccc(N=Cc2ccc(OCCCCC)cc2O)cc1. The molecule has 0 radical (unpaired) electrons. The van der Waals surface area contributed by atoms with Gasteiger partial charge in [-0.05, 0) is 49.2 Å². The van der Waals surface area contributed by atoms with Crippen molar-refractivity contribution in [3.63, 3.8) is 0 Å². The van der Waals surface area contributed by atoms with Crippen LogP contribution in [0.25, 0.3) is 0 Å². The Morgan fingerprint density at radius 1 is 0.759 bits per heavy atom. The molecule has 0 aliphatic rings. The molecule has 158 valence electrons. The first-order valence-corrected chi connectivity index (χ1v) is 11.0. The van der Waals surface area contributed by atoms with Crippen molar-refractivity contribution in [1.82, 2.24) is 0 Å². The Labute approximate surface area is 175 Å². The Morgan fingerprint density at radius 3 is 2.03 bits per heavy atom. The molecular weight excluding hydrogens is 362 g/mol. The summed E-state index contributed by atoms with van der Waals surface area (Å²) in [4.78, 5) is 4.44. The molecule has 0 aliphatic heterocycles. The molecule has 2 rings (SSSR count). The zero-order chi connectivity index (χ0) is 20.7. The van der Waals surface area contributed by atoms with E-state index in [0.29, 0.717) is 17.9 Å². The third-order valence-electron chi connectivity index (χ3n) is 4.72. The van der Waals surface area contributed by atoms with Crippen LogP contribution >= 0.6 is 0 Å². The predicted molar refractivity (Wildman–Crippen MR) is 121 cm³/mol. The van der Waals surface area contributed by atoms with Gasteiger partial charge in [-0.25, -0.2) is 0 Å². The summed E-state index contributed by atoms with van der Waals surface area (Å²) >= 11 is 0. The Kier molecular flexibility index (Phi) is 10.7. The molecule has 29 heavy (non-hydrogen) atoms. The fourth-order valence-electron chi connectivity index (χ4n) is 2.93. The van der Waals surface area contributed by atoms with E-state index in [9.17, 15) is 5.11 Å². The summed E-state index contributed by atoms with van der Waals surface area (Å²) in [6.07, 6.45) is 11.2. The van der Waals surface area contributed by atoms with Crippen LogP contribution in [0.15, 0.2) is 47.5 Å². The van der Waals surface area contributed by atoms with E-state index in [-0.39, 0.29) is 5.75 Å². The smallest absolute Gasteiger partial charge is 0.128 e. The van der Waals surface area contributed by atoms with Crippen LogP contribution in [-0.2, 0) is 0 Å². The van der Waals surface area contributed by atoms with Crippen LogP contribution in [0.1, 0.15) is 70.8 Å². The van der Waals surface area contributed by atoms with Gasteiger partial charge in [-0.3, -0.25) is 4.99 Å². The number of phenols is 1. The van der Waals surface area contributed by atoms with Crippen molar-refractivity contribution in [1.29, 1.82) is 0 Å².